The van der Waals surface area contributed by atoms with Crippen LogP contribution in [0.3, 0.4) is 0 Å². The van der Waals surface area contributed by atoms with E-state index in [2.05, 4.69) is 10.3 Å². The highest BCUT2D eigenvalue weighted by atomic mass is 16.3. The minimum atomic E-state index is -1.54. The second kappa shape index (κ2) is 8.31. The molecule has 1 atom stereocenters. The Hall–Kier alpha value is -3.77. The summed E-state index contributed by atoms with van der Waals surface area (Å²) in [6, 6.07) is 20.4. The first kappa shape index (κ1) is 19.5. The second-order valence-corrected chi connectivity index (χ2v) is 7.14. The summed E-state index contributed by atoms with van der Waals surface area (Å²) in [5.74, 6) is -1.20. The lowest BCUT2D eigenvalue weighted by molar-refractivity contribution is -0.114. The molecule has 1 aliphatic rings. The van der Waals surface area contributed by atoms with Crippen LogP contribution in [-0.2, 0) is 11.2 Å². The number of hydrogen-bond acceptors (Lipinski definition) is 5. The van der Waals surface area contributed by atoms with Gasteiger partial charge in [-0.25, -0.2) is 0 Å². The van der Waals surface area contributed by atoms with Crippen molar-refractivity contribution in [2.24, 2.45) is 5.73 Å². The lowest BCUT2D eigenvalue weighted by Crippen LogP contribution is -2.32. The number of primary amides is 1. The number of carbonyl (C=O) groups excluding carboxylic acids is 2. The first-order valence-corrected chi connectivity index (χ1v) is 9.62. The molecule has 0 spiro atoms. The maximum absolute atomic E-state index is 12.8. The highest BCUT2D eigenvalue weighted by molar-refractivity contribution is 6.13. The molecule has 0 bridgehead atoms. The van der Waals surface area contributed by atoms with Crippen molar-refractivity contribution in [3.05, 3.63) is 101 Å². The number of amides is 1. The number of pyridine rings is 1. The van der Waals surface area contributed by atoms with Gasteiger partial charge in [0.15, 0.2) is 5.78 Å². The van der Waals surface area contributed by atoms with Gasteiger partial charge in [-0.3, -0.25) is 14.6 Å². The van der Waals surface area contributed by atoms with Gasteiger partial charge in [-0.2, -0.15) is 0 Å². The number of anilines is 1. The topological polar surface area (TPSA) is 105 Å². The molecule has 0 radical (unpaired) electrons. The summed E-state index contributed by atoms with van der Waals surface area (Å²) in [7, 11) is 0. The molecular weight excluding hydrogens is 378 g/mol. The highest BCUT2D eigenvalue weighted by Gasteiger charge is 2.32. The van der Waals surface area contributed by atoms with Gasteiger partial charge in [0.25, 0.3) is 0 Å². The number of rotatable bonds is 6. The van der Waals surface area contributed by atoms with Crippen LogP contribution in [0.1, 0.15) is 27.2 Å². The Morgan fingerprint density at radius 3 is 2.37 bits per heavy atom. The number of aromatic nitrogens is 1. The largest absolute Gasteiger partial charge is 0.380 e. The number of nitrogens with one attached hydrogen (secondary N) is 1. The number of nitrogens with zero attached hydrogens (tertiary/aromatic N) is 1. The number of aliphatic hydroxyl groups is 1. The normalized spacial score (nSPS) is 13.9. The van der Waals surface area contributed by atoms with Gasteiger partial charge in [0.05, 0.1) is 11.4 Å². The van der Waals surface area contributed by atoms with Gasteiger partial charge < -0.3 is 16.2 Å². The standard InChI is InChI=1S/C24H21N3O3/c25-24(30)18-14-26-19-12-16(11-15-7-3-1-4-8-15)13-27-21(19)20(18)23(29)22(28)17-9-5-2-6-10-17/h1-10,12-13,23,26,29H,11,14H2,(H2,25,30). The Morgan fingerprint density at radius 2 is 1.70 bits per heavy atom. The minimum absolute atomic E-state index is 0.118. The molecular formula is C24H21N3O3. The van der Waals surface area contributed by atoms with E-state index in [4.69, 9.17) is 5.73 Å². The predicted molar refractivity (Wildman–Crippen MR) is 115 cm³/mol. The van der Waals surface area contributed by atoms with Gasteiger partial charge in [-0.05, 0) is 23.6 Å². The van der Waals surface area contributed by atoms with Gasteiger partial charge in [-0.15, -0.1) is 0 Å². The fraction of sp³-hybridized carbons (Fsp3) is 0.125. The van der Waals surface area contributed by atoms with Gasteiger partial charge in [0.2, 0.25) is 5.91 Å². The van der Waals surface area contributed by atoms with Crippen LogP contribution in [0.2, 0.25) is 0 Å². The van der Waals surface area contributed by atoms with Crippen LogP contribution in [0.25, 0.3) is 5.57 Å². The molecule has 0 saturated heterocycles. The molecule has 30 heavy (non-hydrogen) atoms. The monoisotopic (exact) mass is 399 g/mol. The van der Waals surface area contributed by atoms with Crippen molar-refractivity contribution < 1.29 is 14.7 Å². The zero-order valence-electron chi connectivity index (χ0n) is 16.2. The van der Waals surface area contributed by atoms with Crippen LogP contribution in [0.4, 0.5) is 5.69 Å². The van der Waals surface area contributed by atoms with E-state index < -0.39 is 17.8 Å². The molecule has 6 nitrogen and oxygen atoms in total. The van der Waals surface area contributed by atoms with Gasteiger partial charge in [-0.1, -0.05) is 60.7 Å². The van der Waals surface area contributed by atoms with Crippen LogP contribution in [-0.4, -0.2) is 34.4 Å². The molecule has 1 aromatic heterocycles. The van der Waals surface area contributed by atoms with E-state index in [9.17, 15) is 14.7 Å². The zero-order chi connectivity index (χ0) is 21.1. The van der Waals surface area contributed by atoms with Crippen molar-refractivity contribution in [3.8, 4) is 0 Å². The SMILES string of the molecule is NC(=O)C1=C(C(O)C(=O)c2ccccc2)c2ncc(Cc3ccccc3)cc2NC1. The lowest BCUT2D eigenvalue weighted by atomic mass is 9.89. The van der Waals surface area contributed by atoms with Crippen molar-refractivity contribution >= 4 is 23.0 Å². The summed E-state index contributed by atoms with van der Waals surface area (Å²) in [5, 5.41) is 14.0. The van der Waals surface area contributed by atoms with E-state index in [1.165, 1.54) is 0 Å². The number of ketones is 1. The van der Waals surface area contributed by atoms with E-state index in [-0.39, 0.29) is 17.7 Å². The third-order valence-corrected chi connectivity index (χ3v) is 5.11. The fourth-order valence-electron chi connectivity index (χ4n) is 3.61. The van der Waals surface area contributed by atoms with Crippen LogP contribution >= 0.6 is 0 Å². The van der Waals surface area contributed by atoms with Crippen molar-refractivity contribution in [1.82, 2.24) is 4.98 Å². The number of hydrogen-bond donors (Lipinski definition) is 3. The quantitative estimate of drug-likeness (QED) is 0.553. The Kier molecular flexibility index (Phi) is 5.41. The van der Waals surface area contributed by atoms with Gasteiger partial charge in [0.1, 0.15) is 6.10 Å². The van der Waals surface area contributed by atoms with E-state index in [1.54, 1.807) is 36.5 Å². The van der Waals surface area contributed by atoms with E-state index >= 15 is 0 Å². The summed E-state index contributed by atoms with van der Waals surface area (Å²) in [5.41, 5.74) is 9.34. The molecule has 1 aliphatic heterocycles. The molecule has 3 aromatic rings. The molecule has 2 heterocycles. The summed E-state index contributed by atoms with van der Waals surface area (Å²) < 4.78 is 0. The molecule has 4 rings (SSSR count). The third-order valence-electron chi connectivity index (χ3n) is 5.11. The second-order valence-electron chi connectivity index (χ2n) is 7.14. The lowest BCUT2D eigenvalue weighted by Gasteiger charge is -2.25. The Bertz CT molecular complexity index is 1120. The smallest absolute Gasteiger partial charge is 0.246 e. The van der Waals surface area contributed by atoms with Crippen molar-refractivity contribution in [2.75, 3.05) is 11.9 Å². The Balaban J connectivity index is 1.72. The van der Waals surface area contributed by atoms with Crippen LogP contribution in [0.15, 0.2) is 78.5 Å². The summed E-state index contributed by atoms with van der Waals surface area (Å²) in [4.78, 5) is 29.4. The number of aliphatic hydroxyl groups excluding tert-OH is 1. The maximum Gasteiger partial charge on any atom is 0.246 e. The van der Waals surface area contributed by atoms with Gasteiger partial charge >= 0.3 is 0 Å². The number of Topliss-reactive ketones (excluding diaryl/α,β-unsaturated/α-hetero) is 1. The average Bonchev–Trinajstić information content (AvgIpc) is 2.78. The molecule has 150 valence electrons. The fourth-order valence-corrected chi connectivity index (χ4v) is 3.61. The maximum atomic E-state index is 12.8. The molecule has 1 amide bonds. The van der Waals surface area contributed by atoms with E-state index in [0.717, 1.165) is 11.1 Å². The van der Waals surface area contributed by atoms with Crippen LogP contribution in [0, 0.1) is 0 Å². The summed E-state index contributed by atoms with van der Waals surface area (Å²) >= 11 is 0. The van der Waals surface area contributed by atoms with Crippen molar-refractivity contribution in [1.29, 1.82) is 0 Å². The minimum Gasteiger partial charge on any atom is -0.380 e. The molecule has 6 heteroatoms. The zero-order valence-corrected chi connectivity index (χ0v) is 16.2. The predicted octanol–water partition coefficient (Wildman–Crippen LogP) is 2.58. The summed E-state index contributed by atoms with van der Waals surface area (Å²) in [6.07, 6.45) is 0.843. The van der Waals surface area contributed by atoms with Gasteiger partial charge in [0, 0.05) is 29.5 Å². The third kappa shape index (κ3) is 3.86. The molecule has 0 fully saturated rings. The molecule has 4 N–H and O–H groups in total. The molecule has 1 unspecified atom stereocenters. The molecule has 0 saturated carbocycles. The van der Waals surface area contributed by atoms with Crippen molar-refractivity contribution in [2.45, 2.75) is 12.5 Å². The Labute approximate surface area is 174 Å². The van der Waals surface area contributed by atoms with Crippen LogP contribution in [0.5, 0.6) is 0 Å². The molecule has 2 aromatic carbocycles. The number of fused-ring (bicyclic) bond motifs is 1. The number of nitrogens with two attached hydrogens (primary N) is 1. The first-order chi connectivity index (χ1) is 14.5. The summed E-state index contributed by atoms with van der Waals surface area (Å²) in [6.45, 7) is 0.118. The van der Waals surface area contributed by atoms with Crippen LogP contribution < -0.4 is 11.1 Å². The van der Waals surface area contributed by atoms with E-state index in [0.29, 0.717) is 23.4 Å². The number of benzene rings is 2. The first-order valence-electron chi connectivity index (χ1n) is 9.62. The molecule has 0 aliphatic carbocycles. The number of carbonyl (C=O) groups is 2. The van der Waals surface area contributed by atoms with E-state index in [1.807, 2.05) is 36.4 Å². The highest BCUT2D eigenvalue weighted by Crippen LogP contribution is 2.33. The Morgan fingerprint density at radius 1 is 1.03 bits per heavy atom. The van der Waals surface area contributed by atoms with Crippen molar-refractivity contribution in [3.63, 3.8) is 0 Å². The average molecular weight is 399 g/mol.